The van der Waals surface area contributed by atoms with Crippen molar-refractivity contribution in [2.45, 2.75) is 25.7 Å². The topological polar surface area (TPSA) is 3.24 Å². The SMILES string of the molecule is Cl.c1ccc(-c2cccc(CCCN3CCCC3)c2)cc1. The Morgan fingerprint density at radius 2 is 1.52 bits per heavy atom. The van der Waals surface area contributed by atoms with E-state index < -0.39 is 0 Å². The minimum atomic E-state index is 0. The Labute approximate surface area is 134 Å². The first-order chi connectivity index (χ1) is 9.92. The van der Waals surface area contributed by atoms with Crippen molar-refractivity contribution in [3.05, 3.63) is 60.2 Å². The molecule has 3 rings (SSSR count). The second-order valence-corrected chi connectivity index (χ2v) is 5.72. The third-order valence-electron chi connectivity index (χ3n) is 4.17. The molecule has 0 bridgehead atoms. The summed E-state index contributed by atoms with van der Waals surface area (Å²) in [7, 11) is 0. The van der Waals surface area contributed by atoms with Crippen LogP contribution in [-0.4, -0.2) is 24.5 Å². The van der Waals surface area contributed by atoms with Gasteiger partial charge in [-0.1, -0.05) is 54.6 Å². The molecule has 1 aliphatic rings. The molecule has 2 aromatic rings. The van der Waals surface area contributed by atoms with Gasteiger partial charge in [-0.2, -0.15) is 0 Å². The molecule has 0 saturated carbocycles. The lowest BCUT2D eigenvalue weighted by molar-refractivity contribution is 0.334. The van der Waals surface area contributed by atoms with Crippen LogP contribution in [0.25, 0.3) is 11.1 Å². The Hall–Kier alpha value is -1.31. The minimum Gasteiger partial charge on any atom is -0.303 e. The van der Waals surface area contributed by atoms with Gasteiger partial charge in [0.25, 0.3) is 0 Å². The summed E-state index contributed by atoms with van der Waals surface area (Å²) in [5.41, 5.74) is 4.11. The largest absolute Gasteiger partial charge is 0.303 e. The Bertz CT molecular complexity index is 532. The normalized spacial score (nSPS) is 14.9. The van der Waals surface area contributed by atoms with Crippen LogP contribution in [-0.2, 0) is 6.42 Å². The molecule has 1 nitrogen and oxygen atoms in total. The van der Waals surface area contributed by atoms with E-state index in [-0.39, 0.29) is 12.4 Å². The zero-order chi connectivity index (χ0) is 13.6. The average Bonchev–Trinajstić information content (AvgIpc) is 3.02. The van der Waals surface area contributed by atoms with Gasteiger partial charge >= 0.3 is 0 Å². The highest BCUT2D eigenvalue weighted by Gasteiger charge is 2.10. The quantitative estimate of drug-likeness (QED) is 0.766. The molecule has 0 aromatic heterocycles. The molecule has 0 unspecified atom stereocenters. The number of nitrogens with zero attached hydrogens (tertiary/aromatic N) is 1. The average molecular weight is 302 g/mol. The van der Waals surface area contributed by atoms with E-state index in [1.165, 1.54) is 62.0 Å². The Kier molecular flexibility index (Phi) is 6.28. The van der Waals surface area contributed by atoms with Crippen LogP contribution in [0.2, 0.25) is 0 Å². The summed E-state index contributed by atoms with van der Waals surface area (Å²) in [4.78, 5) is 2.60. The van der Waals surface area contributed by atoms with Crippen molar-refractivity contribution in [1.29, 1.82) is 0 Å². The summed E-state index contributed by atoms with van der Waals surface area (Å²) in [5.74, 6) is 0. The van der Waals surface area contributed by atoms with Gasteiger partial charge in [-0.05, 0) is 62.0 Å². The molecule has 1 aliphatic heterocycles. The maximum atomic E-state index is 2.60. The first-order valence-electron chi connectivity index (χ1n) is 7.78. The van der Waals surface area contributed by atoms with Gasteiger partial charge in [-0.25, -0.2) is 0 Å². The highest BCUT2D eigenvalue weighted by Crippen LogP contribution is 2.20. The van der Waals surface area contributed by atoms with E-state index in [1.807, 2.05) is 0 Å². The van der Waals surface area contributed by atoms with E-state index in [4.69, 9.17) is 0 Å². The Balaban J connectivity index is 0.00000161. The molecule has 112 valence electrons. The number of halogens is 1. The summed E-state index contributed by atoms with van der Waals surface area (Å²) in [6, 6.07) is 19.7. The number of benzene rings is 2. The van der Waals surface area contributed by atoms with E-state index >= 15 is 0 Å². The molecule has 0 spiro atoms. The number of aryl methyl sites for hydroxylation is 1. The highest BCUT2D eigenvalue weighted by atomic mass is 35.5. The van der Waals surface area contributed by atoms with Crippen molar-refractivity contribution < 1.29 is 0 Å². The van der Waals surface area contributed by atoms with Gasteiger partial charge in [0, 0.05) is 0 Å². The molecule has 0 aliphatic carbocycles. The van der Waals surface area contributed by atoms with Crippen LogP contribution in [0.1, 0.15) is 24.8 Å². The van der Waals surface area contributed by atoms with Crippen molar-refractivity contribution in [3.63, 3.8) is 0 Å². The third-order valence-corrected chi connectivity index (χ3v) is 4.17. The minimum absolute atomic E-state index is 0. The fourth-order valence-corrected chi connectivity index (χ4v) is 3.05. The molecule has 0 atom stereocenters. The van der Waals surface area contributed by atoms with E-state index in [1.54, 1.807) is 0 Å². The second-order valence-electron chi connectivity index (χ2n) is 5.72. The standard InChI is InChI=1S/C19H23N.ClH/c1-2-10-18(11-3-1)19-12-6-8-17(16-19)9-7-15-20-13-4-5-14-20;/h1-3,6,8,10-12,16H,4-5,7,9,13-15H2;1H. The molecule has 1 heterocycles. The predicted molar refractivity (Wildman–Crippen MR) is 93.1 cm³/mol. The summed E-state index contributed by atoms with van der Waals surface area (Å²) < 4.78 is 0. The Morgan fingerprint density at radius 3 is 2.29 bits per heavy atom. The van der Waals surface area contributed by atoms with Gasteiger partial charge in [-0.15, -0.1) is 12.4 Å². The Morgan fingerprint density at radius 1 is 0.810 bits per heavy atom. The zero-order valence-corrected chi connectivity index (χ0v) is 13.3. The van der Waals surface area contributed by atoms with Gasteiger partial charge in [0.05, 0.1) is 0 Å². The van der Waals surface area contributed by atoms with Crippen LogP contribution in [0.5, 0.6) is 0 Å². The first kappa shape index (κ1) is 16.1. The van der Waals surface area contributed by atoms with E-state index in [0.29, 0.717) is 0 Å². The van der Waals surface area contributed by atoms with Crippen LogP contribution < -0.4 is 0 Å². The number of hydrogen-bond acceptors (Lipinski definition) is 1. The fourth-order valence-electron chi connectivity index (χ4n) is 3.05. The molecular weight excluding hydrogens is 278 g/mol. The van der Waals surface area contributed by atoms with Crippen LogP contribution in [0, 0.1) is 0 Å². The summed E-state index contributed by atoms with van der Waals surface area (Å²) >= 11 is 0. The highest BCUT2D eigenvalue weighted by molar-refractivity contribution is 5.85. The van der Waals surface area contributed by atoms with Crippen molar-refractivity contribution >= 4 is 12.4 Å². The smallest absolute Gasteiger partial charge is 0.00156 e. The molecule has 2 heteroatoms. The number of hydrogen-bond donors (Lipinski definition) is 0. The van der Waals surface area contributed by atoms with Crippen LogP contribution >= 0.6 is 12.4 Å². The molecule has 2 aromatic carbocycles. The van der Waals surface area contributed by atoms with Crippen molar-refractivity contribution in [2.75, 3.05) is 19.6 Å². The van der Waals surface area contributed by atoms with Crippen LogP contribution in [0.3, 0.4) is 0 Å². The summed E-state index contributed by atoms with van der Waals surface area (Å²) in [5, 5.41) is 0. The number of likely N-dealkylation sites (tertiary alicyclic amines) is 1. The second kappa shape index (κ2) is 8.21. The molecule has 1 fully saturated rings. The fraction of sp³-hybridized carbons (Fsp3) is 0.368. The predicted octanol–water partition coefficient (Wildman–Crippen LogP) is 4.80. The molecule has 0 radical (unpaired) electrons. The van der Waals surface area contributed by atoms with E-state index in [9.17, 15) is 0 Å². The van der Waals surface area contributed by atoms with Crippen molar-refractivity contribution in [2.24, 2.45) is 0 Å². The monoisotopic (exact) mass is 301 g/mol. The van der Waals surface area contributed by atoms with E-state index in [0.717, 1.165) is 0 Å². The molecule has 0 N–H and O–H groups in total. The zero-order valence-electron chi connectivity index (χ0n) is 12.5. The maximum Gasteiger partial charge on any atom is -0.00156 e. The van der Waals surface area contributed by atoms with Crippen LogP contribution in [0.15, 0.2) is 54.6 Å². The third kappa shape index (κ3) is 4.59. The van der Waals surface area contributed by atoms with Crippen molar-refractivity contribution in [1.82, 2.24) is 4.90 Å². The van der Waals surface area contributed by atoms with Gasteiger partial charge in [0.1, 0.15) is 0 Å². The van der Waals surface area contributed by atoms with E-state index in [2.05, 4.69) is 59.5 Å². The van der Waals surface area contributed by atoms with Crippen molar-refractivity contribution in [3.8, 4) is 11.1 Å². The van der Waals surface area contributed by atoms with Crippen LogP contribution in [0.4, 0.5) is 0 Å². The molecule has 21 heavy (non-hydrogen) atoms. The van der Waals surface area contributed by atoms with Gasteiger partial charge < -0.3 is 4.90 Å². The summed E-state index contributed by atoms with van der Waals surface area (Å²) in [6.07, 6.45) is 5.25. The van der Waals surface area contributed by atoms with Gasteiger partial charge in [0.15, 0.2) is 0 Å². The molecular formula is C19H24ClN. The molecule has 1 saturated heterocycles. The van der Waals surface area contributed by atoms with Gasteiger partial charge in [0.2, 0.25) is 0 Å². The lowest BCUT2D eigenvalue weighted by atomic mass is 10.0. The summed E-state index contributed by atoms with van der Waals surface area (Å²) in [6.45, 7) is 3.88. The first-order valence-corrected chi connectivity index (χ1v) is 7.78. The maximum absolute atomic E-state index is 2.60. The lowest BCUT2D eigenvalue weighted by Crippen LogP contribution is -2.20. The number of rotatable bonds is 5. The lowest BCUT2D eigenvalue weighted by Gasteiger charge is -2.14. The molecule has 0 amide bonds. The van der Waals surface area contributed by atoms with Gasteiger partial charge in [-0.3, -0.25) is 0 Å².